The van der Waals surface area contributed by atoms with E-state index in [0.29, 0.717) is 16.3 Å². The zero-order valence-corrected chi connectivity index (χ0v) is 11.4. The van der Waals surface area contributed by atoms with Gasteiger partial charge in [-0.25, -0.2) is 9.18 Å². The van der Waals surface area contributed by atoms with E-state index in [1.54, 1.807) is 12.1 Å². The largest absolute Gasteiger partial charge is 0.489 e. The molecule has 0 aliphatic carbocycles. The molecule has 20 heavy (non-hydrogen) atoms. The number of halogens is 2. The molecule has 0 unspecified atom stereocenters. The Labute approximate surface area is 120 Å². The fourth-order valence-corrected chi connectivity index (χ4v) is 1.88. The summed E-state index contributed by atoms with van der Waals surface area (Å²) in [7, 11) is 0. The minimum atomic E-state index is -1.30. The third-order valence-corrected chi connectivity index (χ3v) is 3.04. The molecule has 2 aromatic rings. The van der Waals surface area contributed by atoms with Gasteiger partial charge in [0.25, 0.3) is 0 Å². The Balaban J connectivity index is 2.17. The Morgan fingerprint density at radius 2 is 2.05 bits per heavy atom. The first-order valence-electron chi connectivity index (χ1n) is 5.88. The van der Waals surface area contributed by atoms with E-state index in [1.165, 1.54) is 12.1 Å². The van der Waals surface area contributed by atoms with Gasteiger partial charge in [0.2, 0.25) is 0 Å². The van der Waals surface area contributed by atoms with E-state index in [9.17, 15) is 9.18 Å². The quantitative estimate of drug-likeness (QED) is 0.925. The SMILES string of the molecule is Cc1ccc(Cl)cc1OCc1ccc(F)c(C(=O)O)c1. The van der Waals surface area contributed by atoms with Crippen molar-refractivity contribution in [2.24, 2.45) is 0 Å². The van der Waals surface area contributed by atoms with Gasteiger partial charge < -0.3 is 9.84 Å². The highest BCUT2D eigenvalue weighted by atomic mass is 35.5. The lowest BCUT2D eigenvalue weighted by Crippen LogP contribution is -2.04. The van der Waals surface area contributed by atoms with Crippen LogP contribution in [0, 0.1) is 12.7 Å². The molecule has 3 nitrogen and oxygen atoms in total. The van der Waals surface area contributed by atoms with E-state index in [0.717, 1.165) is 11.6 Å². The average molecular weight is 295 g/mol. The molecule has 0 radical (unpaired) electrons. The molecule has 1 N–H and O–H groups in total. The van der Waals surface area contributed by atoms with E-state index < -0.39 is 11.8 Å². The molecule has 104 valence electrons. The summed E-state index contributed by atoms with van der Waals surface area (Å²) in [6.45, 7) is 2.01. The van der Waals surface area contributed by atoms with Gasteiger partial charge in [0.1, 0.15) is 18.2 Å². The van der Waals surface area contributed by atoms with Crippen LogP contribution in [0.3, 0.4) is 0 Å². The van der Waals surface area contributed by atoms with Crippen molar-refractivity contribution in [1.82, 2.24) is 0 Å². The molecule has 0 amide bonds. The van der Waals surface area contributed by atoms with Gasteiger partial charge in [-0.15, -0.1) is 0 Å². The normalized spacial score (nSPS) is 10.3. The molecule has 2 aromatic carbocycles. The van der Waals surface area contributed by atoms with Crippen LogP contribution in [-0.2, 0) is 6.61 Å². The molecule has 0 aliphatic heterocycles. The van der Waals surface area contributed by atoms with Crippen LogP contribution < -0.4 is 4.74 Å². The molecule has 2 rings (SSSR count). The molecule has 5 heteroatoms. The van der Waals surface area contributed by atoms with Gasteiger partial charge >= 0.3 is 5.97 Å². The fraction of sp³-hybridized carbons (Fsp3) is 0.133. The number of hydrogen-bond donors (Lipinski definition) is 1. The van der Waals surface area contributed by atoms with Crippen molar-refractivity contribution in [3.05, 3.63) is 63.9 Å². The number of carbonyl (C=O) groups is 1. The smallest absolute Gasteiger partial charge is 0.338 e. The fourth-order valence-electron chi connectivity index (χ4n) is 1.72. The zero-order chi connectivity index (χ0) is 14.7. The number of benzene rings is 2. The summed E-state index contributed by atoms with van der Waals surface area (Å²) in [5.74, 6) is -1.46. The highest BCUT2D eigenvalue weighted by molar-refractivity contribution is 6.30. The third-order valence-electron chi connectivity index (χ3n) is 2.81. The number of carboxylic acid groups (broad SMARTS) is 1. The number of carboxylic acids is 1. The first-order chi connectivity index (χ1) is 9.47. The van der Waals surface area contributed by atoms with E-state index in [1.807, 2.05) is 13.0 Å². The molecule has 0 aromatic heterocycles. The summed E-state index contributed by atoms with van der Waals surface area (Å²) in [6, 6.07) is 9.12. The van der Waals surface area contributed by atoms with E-state index in [2.05, 4.69) is 0 Å². The van der Waals surface area contributed by atoms with Crippen molar-refractivity contribution in [3.63, 3.8) is 0 Å². The van der Waals surface area contributed by atoms with Crippen molar-refractivity contribution < 1.29 is 19.0 Å². The molecular weight excluding hydrogens is 283 g/mol. The summed E-state index contributed by atoms with van der Waals surface area (Å²) in [4.78, 5) is 10.8. The second-order valence-electron chi connectivity index (χ2n) is 4.32. The third kappa shape index (κ3) is 3.27. The minimum Gasteiger partial charge on any atom is -0.489 e. The van der Waals surface area contributed by atoms with Crippen LogP contribution >= 0.6 is 11.6 Å². The lowest BCUT2D eigenvalue weighted by atomic mass is 10.1. The second-order valence-corrected chi connectivity index (χ2v) is 4.75. The first-order valence-corrected chi connectivity index (χ1v) is 6.26. The second kappa shape index (κ2) is 5.92. The van der Waals surface area contributed by atoms with E-state index >= 15 is 0 Å². The molecule has 0 saturated carbocycles. The number of aromatic carboxylic acids is 1. The molecule has 0 fully saturated rings. The molecular formula is C15H12ClFO3. The molecule has 0 bridgehead atoms. The predicted molar refractivity (Wildman–Crippen MR) is 73.9 cm³/mol. The maximum Gasteiger partial charge on any atom is 0.338 e. The Bertz CT molecular complexity index is 656. The molecule has 0 heterocycles. The standard InChI is InChI=1S/C15H12ClFO3/c1-9-2-4-11(16)7-14(9)20-8-10-3-5-13(17)12(6-10)15(18)19/h2-7H,8H2,1H3,(H,18,19). The Morgan fingerprint density at radius 1 is 1.30 bits per heavy atom. The van der Waals surface area contributed by atoms with Crippen molar-refractivity contribution in [1.29, 1.82) is 0 Å². The van der Waals surface area contributed by atoms with Gasteiger partial charge in [0.05, 0.1) is 5.56 Å². The van der Waals surface area contributed by atoms with Crippen LogP contribution in [0.2, 0.25) is 5.02 Å². The van der Waals surface area contributed by atoms with Crippen LogP contribution in [0.15, 0.2) is 36.4 Å². The van der Waals surface area contributed by atoms with E-state index in [4.69, 9.17) is 21.4 Å². The van der Waals surface area contributed by atoms with Crippen molar-refractivity contribution in [3.8, 4) is 5.75 Å². The van der Waals surface area contributed by atoms with E-state index in [-0.39, 0.29) is 12.2 Å². The lowest BCUT2D eigenvalue weighted by Gasteiger charge is -2.10. The van der Waals surface area contributed by atoms with Crippen LogP contribution in [-0.4, -0.2) is 11.1 Å². The predicted octanol–water partition coefficient (Wildman–Crippen LogP) is 4.06. The van der Waals surface area contributed by atoms with Gasteiger partial charge in [0.15, 0.2) is 0 Å². The highest BCUT2D eigenvalue weighted by Gasteiger charge is 2.11. The van der Waals surface area contributed by atoms with Crippen LogP contribution in [0.4, 0.5) is 4.39 Å². The maximum atomic E-state index is 13.3. The molecule has 0 aliphatic rings. The average Bonchev–Trinajstić information content (AvgIpc) is 2.41. The Hall–Kier alpha value is -2.07. The number of hydrogen-bond acceptors (Lipinski definition) is 2. The number of ether oxygens (including phenoxy) is 1. The summed E-state index contributed by atoms with van der Waals surface area (Å²) < 4.78 is 18.8. The topological polar surface area (TPSA) is 46.5 Å². The summed E-state index contributed by atoms with van der Waals surface area (Å²) >= 11 is 5.88. The van der Waals surface area contributed by atoms with Crippen LogP contribution in [0.1, 0.15) is 21.5 Å². The van der Waals surface area contributed by atoms with Crippen molar-refractivity contribution in [2.45, 2.75) is 13.5 Å². The van der Waals surface area contributed by atoms with Gasteiger partial charge in [-0.3, -0.25) is 0 Å². The molecule has 0 saturated heterocycles. The monoisotopic (exact) mass is 294 g/mol. The highest BCUT2D eigenvalue weighted by Crippen LogP contribution is 2.23. The Kier molecular flexibility index (Phi) is 4.25. The van der Waals surface area contributed by atoms with Crippen LogP contribution in [0.25, 0.3) is 0 Å². The number of aryl methyl sites for hydroxylation is 1. The summed E-state index contributed by atoms with van der Waals surface area (Å²) in [6.07, 6.45) is 0. The minimum absolute atomic E-state index is 0.141. The zero-order valence-electron chi connectivity index (χ0n) is 10.7. The van der Waals surface area contributed by atoms with Gasteiger partial charge in [-0.2, -0.15) is 0 Å². The summed E-state index contributed by atoms with van der Waals surface area (Å²) in [5, 5.41) is 9.41. The van der Waals surface area contributed by atoms with Gasteiger partial charge in [-0.1, -0.05) is 23.7 Å². The van der Waals surface area contributed by atoms with Crippen molar-refractivity contribution >= 4 is 17.6 Å². The summed E-state index contributed by atoms with van der Waals surface area (Å²) in [5.41, 5.74) is 1.12. The number of rotatable bonds is 4. The van der Waals surface area contributed by atoms with Gasteiger partial charge in [0, 0.05) is 5.02 Å². The maximum absolute atomic E-state index is 13.3. The van der Waals surface area contributed by atoms with Crippen LogP contribution in [0.5, 0.6) is 5.75 Å². The first kappa shape index (κ1) is 14.3. The molecule has 0 spiro atoms. The van der Waals surface area contributed by atoms with Gasteiger partial charge in [-0.05, 0) is 42.3 Å². The van der Waals surface area contributed by atoms with Crippen molar-refractivity contribution in [2.75, 3.05) is 0 Å². The lowest BCUT2D eigenvalue weighted by molar-refractivity contribution is 0.0691. The Morgan fingerprint density at radius 3 is 2.75 bits per heavy atom. The molecule has 0 atom stereocenters.